The van der Waals surface area contributed by atoms with Gasteiger partial charge in [-0.3, -0.25) is 4.98 Å². The number of nitrogens with one attached hydrogen (secondary N) is 2. The molecule has 0 saturated heterocycles. The smallest absolute Gasteiger partial charge is 0.321 e. The number of rotatable bonds is 5. The number of nitrogens with zero attached hydrogens (tertiary/aromatic N) is 1. The molecular formula is C19H16F3N3. The number of alkyl halides is 3. The number of aromatic nitrogens is 1. The molecule has 0 atom stereocenters. The summed E-state index contributed by atoms with van der Waals surface area (Å²) in [5.74, 6) is 0. The molecule has 0 bridgehead atoms. The normalized spacial score (nSPS) is 11.3. The van der Waals surface area contributed by atoms with Crippen molar-refractivity contribution < 1.29 is 13.2 Å². The maximum atomic E-state index is 13.1. The second-order valence-corrected chi connectivity index (χ2v) is 5.44. The van der Waals surface area contributed by atoms with Gasteiger partial charge in [0.05, 0.1) is 11.3 Å². The molecule has 2 aromatic carbocycles. The van der Waals surface area contributed by atoms with Gasteiger partial charge in [-0.1, -0.05) is 42.5 Å². The summed E-state index contributed by atoms with van der Waals surface area (Å²) in [7, 11) is 0. The lowest BCUT2D eigenvalue weighted by Crippen LogP contribution is -2.20. The number of pyridine rings is 1. The molecule has 0 radical (unpaired) electrons. The molecule has 0 unspecified atom stereocenters. The summed E-state index contributed by atoms with van der Waals surface area (Å²) in [6.45, 7) is 0.531. The Morgan fingerprint density at radius 2 is 1.56 bits per heavy atom. The summed E-state index contributed by atoms with van der Waals surface area (Å²) < 4.78 is 39.2. The zero-order valence-corrected chi connectivity index (χ0v) is 13.2. The molecule has 3 rings (SSSR count). The third-order valence-electron chi connectivity index (χ3n) is 3.64. The van der Waals surface area contributed by atoms with Gasteiger partial charge in [-0.15, -0.1) is 0 Å². The van der Waals surface area contributed by atoms with Gasteiger partial charge < -0.3 is 5.43 Å². The third kappa shape index (κ3) is 4.36. The van der Waals surface area contributed by atoms with E-state index in [1.54, 1.807) is 24.3 Å². The Morgan fingerprint density at radius 3 is 2.24 bits per heavy atom. The second-order valence-electron chi connectivity index (χ2n) is 5.44. The summed E-state index contributed by atoms with van der Waals surface area (Å²) in [6, 6.07) is 18.8. The van der Waals surface area contributed by atoms with Crippen molar-refractivity contribution in [3.05, 3.63) is 84.1 Å². The summed E-state index contributed by atoms with van der Waals surface area (Å²) in [6.07, 6.45) is -3.06. The Labute approximate surface area is 143 Å². The minimum absolute atomic E-state index is 0.0584. The van der Waals surface area contributed by atoms with E-state index in [2.05, 4.69) is 15.8 Å². The molecule has 0 amide bonds. The molecular weight excluding hydrogens is 327 g/mol. The average molecular weight is 343 g/mol. The van der Waals surface area contributed by atoms with E-state index in [9.17, 15) is 13.2 Å². The van der Waals surface area contributed by atoms with Gasteiger partial charge in [-0.2, -0.15) is 13.2 Å². The van der Waals surface area contributed by atoms with Crippen LogP contribution in [0, 0.1) is 0 Å². The zero-order chi connectivity index (χ0) is 17.7. The van der Waals surface area contributed by atoms with Gasteiger partial charge in [-0.05, 0) is 29.8 Å². The van der Waals surface area contributed by atoms with Crippen molar-refractivity contribution in [2.24, 2.45) is 0 Å². The van der Waals surface area contributed by atoms with E-state index in [0.717, 1.165) is 17.3 Å². The van der Waals surface area contributed by atoms with Crippen molar-refractivity contribution in [2.45, 2.75) is 12.7 Å². The van der Waals surface area contributed by atoms with Gasteiger partial charge in [0.2, 0.25) is 0 Å². The minimum Gasteiger partial charge on any atom is -0.321 e. The van der Waals surface area contributed by atoms with Crippen LogP contribution in [-0.2, 0) is 12.7 Å². The highest BCUT2D eigenvalue weighted by molar-refractivity contribution is 5.64. The lowest BCUT2D eigenvalue weighted by atomic mass is 10.0. The summed E-state index contributed by atoms with van der Waals surface area (Å²) in [5.41, 5.74) is 7.65. The fourth-order valence-electron chi connectivity index (χ4n) is 2.41. The van der Waals surface area contributed by atoms with E-state index < -0.39 is 11.7 Å². The molecule has 2 N–H and O–H groups in total. The summed E-state index contributed by atoms with van der Waals surface area (Å²) in [4.78, 5) is 3.90. The van der Waals surface area contributed by atoms with Crippen molar-refractivity contribution in [1.29, 1.82) is 0 Å². The highest BCUT2D eigenvalue weighted by atomic mass is 19.4. The first-order chi connectivity index (χ1) is 12.0. The number of halogens is 3. The van der Waals surface area contributed by atoms with Gasteiger partial charge >= 0.3 is 6.18 Å². The van der Waals surface area contributed by atoms with E-state index in [0.29, 0.717) is 12.1 Å². The predicted molar refractivity (Wildman–Crippen MR) is 91.6 cm³/mol. The SMILES string of the molecule is FC(F)(F)c1cccnc1-c1ccc(CNNc2ccccc2)cc1. The number of hydrogen-bond donors (Lipinski definition) is 2. The lowest BCUT2D eigenvalue weighted by molar-refractivity contribution is -0.137. The van der Waals surface area contributed by atoms with Gasteiger partial charge in [0.25, 0.3) is 0 Å². The van der Waals surface area contributed by atoms with Crippen LogP contribution in [-0.4, -0.2) is 4.98 Å². The molecule has 0 spiro atoms. The number of benzene rings is 2. The van der Waals surface area contributed by atoms with Gasteiger partial charge in [0.1, 0.15) is 0 Å². The van der Waals surface area contributed by atoms with Gasteiger partial charge in [-0.25, -0.2) is 5.43 Å². The van der Waals surface area contributed by atoms with E-state index in [1.165, 1.54) is 12.3 Å². The second kappa shape index (κ2) is 7.36. The minimum atomic E-state index is -4.43. The fourth-order valence-corrected chi connectivity index (χ4v) is 2.41. The highest BCUT2D eigenvalue weighted by Gasteiger charge is 2.34. The number of anilines is 1. The molecule has 1 aromatic heterocycles. The maximum Gasteiger partial charge on any atom is 0.418 e. The lowest BCUT2D eigenvalue weighted by Gasteiger charge is -2.12. The first-order valence-corrected chi connectivity index (χ1v) is 7.69. The Bertz CT molecular complexity index is 815. The topological polar surface area (TPSA) is 37.0 Å². The first kappa shape index (κ1) is 17.0. The van der Waals surface area contributed by atoms with Gasteiger partial charge in [0, 0.05) is 24.0 Å². The Kier molecular flexibility index (Phi) is 5.00. The average Bonchev–Trinajstić information content (AvgIpc) is 2.63. The molecule has 0 saturated carbocycles. The van der Waals surface area contributed by atoms with E-state index in [-0.39, 0.29) is 5.69 Å². The van der Waals surface area contributed by atoms with Crippen LogP contribution >= 0.6 is 0 Å². The molecule has 25 heavy (non-hydrogen) atoms. The molecule has 0 aliphatic carbocycles. The van der Waals surface area contributed by atoms with Crippen molar-refractivity contribution in [2.75, 3.05) is 5.43 Å². The van der Waals surface area contributed by atoms with Gasteiger partial charge in [0.15, 0.2) is 0 Å². The molecule has 0 fully saturated rings. The van der Waals surface area contributed by atoms with Crippen LogP contribution in [0.25, 0.3) is 11.3 Å². The molecule has 128 valence electrons. The monoisotopic (exact) mass is 343 g/mol. The standard InChI is InChI=1S/C19H16F3N3/c20-19(21,22)17-7-4-12-23-18(17)15-10-8-14(9-11-15)13-24-25-16-5-2-1-3-6-16/h1-12,24-25H,13H2. The van der Waals surface area contributed by atoms with E-state index in [1.807, 2.05) is 30.3 Å². The maximum absolute atomic E-state index is 13.1. The van der Waals surface area contributed by atoms with E-state index >= 15 is 0 Å². The molecule has 6 heteroatoms. The molecule has 3 aromatic rings. The zero-order valence-electron chi connectivity index (χ0n) is 13.2. The number of hydrazine groups is 1. The third-order valence-corrected chi connectivity index (χ3v) is 3.64. The Morgan fingerprint density at radius 1 is 0.840 bits per heavy atom. The molecule has 1 heterocycles. The van der Waals surface area contributed by atoms with Crippen molar-refractivity contribution in [1.82, 2.24) is 10.4 Å². The van der Waals surface area contributed by atoms with Crippen LogP contribution < -0.4 is 10.9 Å². The van der Waals surface area contributed by atoms with Crippen molar-refractivity contribution in [3.8, 4) is 11.3 Å². The Balaban J connectivity index is 1.69. The predicted octanol–water partition coefficient (Wildman–Crippen LogP) is 4.88. The van der Waals surface area contributed by atoms with Crippen LogP contribution in [0.5, 0.6) is 0 Å². The van der Waals surface area contributed by atoms with Crippen molar-refractivity contribution >= 4 is 5.69 Å². The first-order valence-electron chi connectivity index (χ1n) is 7.69. The van der Waals surface area contributed by atoms with E-state index in [4.69, 9.17) is 0 Å². The Hall–Kier alpha value is -2.86. The summed E-state index contributed by atoms with van der Waals surface area (Å²) in [5, 5.41) is 0. The summed E-state index contributed by atoms with van der Waals surface area (Å²) >= 11 is 0. The molecule has 0 aliphatic rings. The highest BCUT2D eigenvalue weighted by Crippen LogP contribution is 2.35. The van der Waals surface area contributed by atoms with Crippen LogP contribution in [0.2, 0.25) is 0 Å². The molecule has 0 aliphatic heterocycles. The number of para-hydroxylation sites is 1. The van der Waals surface area contributed by atoms with Crippen molar-refractivity contribution in [3.63, 3.8) is 0 Å². The quantitative estimate of drug-likeness (QED) is 0.648. The van der Waals surface area contributed by atoms with Crippen LogP contribution in [0.4, 0.5) is 18.9 Å². The fraction of sp³-hybridized carbons (Fsp3) is 0.105. The van der Waals surface area contributed by atoms with Crippen LogP contribution in [0.1, 0.15) is 11.1 Å². The largest absolute Gasteiger partial charge is 0.418 e. The number of hydrogen-bond acceptors (Lipinski definition) is 3. The van der Waals surface area contributed by atoms with Crippen LogP contribution in [0.3, 0.4) is 0 Å². The molecule has 3 nitrogen and oxygen atoms in total. The van der Waals surface area contributed by atoms with Crippen LogP contribution in [0.15, 0.2) is 72.9 Å².